The average molecular weight is 283 g/mol. The summed E-state index contributed by atoms with van der Waals surface area (Å²) in [5.74, 6) is 0. The SMILES string of the molecule is NC(=O)[N](O)[PbH]. The van der Waals surface area contributed by atoms with Crippen LogP contribution in [0.1, 0.15) is 0 Å². The van der Waals surface area contributed by atoms with Crippen molar-refractivity contribution in [3.05, 3.63) is 0 Å². The van der Waals surface area contributed by atoms with Gasteiger partial charge in [0, 0.05) is 0 Å². The van der Waals surface area contributed by atoms with Gasteiger partial charge in [-0.15, -0.1) is 0 Å². The van der Waals surface area contributed by atoms with Gasteiger partial charge in [0.1, 0.15) is 0 Å². The molecule has 0 aliphatic rings. The summed E-state index contributed by atoms with van der Waals surface area (Å²) in [6.45, 7) is 0. The standard InChI is InChI=1S/CH4N2O2.Pb.H/c2-1(4)3-5;;/h(H4,2,3,4,5);;/q;+1;/p-1. The second kappa shape index (κ2) is 2.35. The minimum absolute atomic E-state index is 0.0903. The van der Waals surface area contributed by atoms with Crippen LogP contribution in [-0.4, -0.2) is 40.2 Å². The van der Waals surface area contributed by atoms with Crippen molar-refractivity contribution in [1.82, 2.24) is 2.87 Å². The van der Waals surface area contributed by atoms with E-state index in [4.69, 9.17) is 5.21 Å². The molecule has 0 atom stereocenters. The van der Waals surface area contributed by atoms with E-state index in [1.165, 1.54) is 0 Å². The summed E-state index contributed by atoms with van der Waals surface area (Å²) in [5, 5.41) is 8.06. The van der Waals surface area contributed by atoms with E-state index < -0.39 is 6.03 Å². The molecule has 0 fully saturated rings. The van der Waals surface area contributed by atoms with Crippen molar-refractivity contribution in [3.8, 4) is 0 Å². The molecule has 6 heavy (non-hydrogen) atoms. The first kappa shape index (κ1) is 6.15. The number of carbonyl (C=O) groups is 1. The zero-order valence-electron chi connectivity index (χ0n) is 2.96. The zero-order valence-corrected chi connectivity index (χ0v) is 7.45. The molecule has 2 radical (unpaired) electrons. The van der Waals surface area contributed by atoms with Crippen LogP contribution in [0.25, 0.3) is 0 Å². The van der Waals surface area contributed by atoms with E-state index in [1.54, 1.807) is 0 Å². The number of amides is 2. The van der Waals surface area contributed by atoms with E-state index in [0.29, 0.717) is 2.87 Å². The molecule has 0 aliphatic heterocycles. The molecule has 0 aromatic heterocycles. The van der Waals surface area contributed by atoms with Crippen LogP contribution in [-0.2, 0) is 0 Å². The van der Waals surface area contributed by atoms with Crippen molar-refractivity contribution < 1.29 is 10.0 Å². The Labute approximate surface area is 51.0 Å². The Morgan fingerprint density at radius 1 is 2.00 bits per heavy atom. The summed E-state index contributed by atoms with van der Waals surface area (Å²) < 4.78 is 0.472. The Morgan fingerprint density at radius 3 is 2.17 bits per heavy atom. The van der Waals surface area contributed by atoms with E-state index in [2.05, 4.69) is 5.73 Å². The maximum absolute atomic E-state index is 9.64. The maximum atomic E-state index is 9.64. The molecule has 0 aromatic carbocycles. The Morgan fingerprint density at radius 2 is 2.17 bits per heavy atom. The van der Waals surface area contributed by atoms with Gasteiger partial charge in [-0.05, 0) is 0 Å². The first-order valence-corrected chi connectivity index (χ1v) is 3.18. The van der Waals surface area contributed by atoms with Crippen molar-refractivity contribution >= 4 is 32.1 Å². The summed E-state index contributed by atoms with van der Waals surface area (Å²) in [7, 11) is 0. The van der Waals surface area contributed by atoms with Crippen LogP contribution < -0.4 is 5.73 Å². The Bertz CT molecular complexity index is 62.6. The topological polar surface area (TPSA) is 66.6 Å². The molecule has 4 nitrogen and oxygen atoms in total. The fourth-order valence-electron chi connectivity index (χ4n) is 0. The van der Waals surface area contributed by atoms with Crippen molar-refractivity contribution in [2.45, 2.75) is 0 Å². The molecule has 0 bridgehead atoms. The molecular weight excluding hydrogens is 279 g/mol. The second-order valence-electron chi connectivity index (χ2n) is 0.683. The van der Waals surface area contributed by atoms with E-state index in [1.807, 2.05) is 0 Å². The molecule has 0 rings (SSSR count). The van der Waals surface area contributed by atoms with Gasteiger partial charge in [0.2, 0.25) is 0 Å². The number of hydrogen-bond acceptors (Lipinski definition) is 2. The summed E-state index contributed by atoms with van der Waals surface area (Å²) in [5.41, 5.74) is 4.51. The molecule has 0 saturated heterocycles. The Balaban J connectivity index is 3.26. The third-order valence-electron chi connectivity index (χ3n) is 0.226. The quantitative estimate of drug-likeness (QED) is 0.325. The number of hydroxylamine groups is 1. The summed E-state index contributed by atoms with van der Waals surface area (Å²) in [4.78, 5) is 9.64. The molecule has 0 heterocycles. The van der Waals surface area contributed by atoms with Crippen LogP contribution in [0.5, 0.6) is 0 Å². The van der Waals surface area contributed by atoms with E-state index in [0.717, 1.165) is 0 Å². The van der Waals surface area contributed by atoms with Gasteiger partial charge in [-0.1, -0.05) is 0 Å². The van der Waals surface area contributed by atoms with Gasteiger partial charge < -0.3 is 0 Å². The predicted molar refractivity (Wildman–Crippen MR) is 20.4 cm³/mol. The van der Waals surface area contributed by atoms with Crippen molar-refractivity contribution in [2.75, 3.05) is 0 Å². The number of nitrogens with two attached hydrogens (primary N) is 1. The van der Waals surface area contributed by atoms with Crippen LogP contribution >= 0.6 is 0 Å². The molecule has 34 valence electrons. The Hall–Kier alpha value is 0.152. The third kappa shape index (κ3) is 2.39. The predicted octanol–water partition coefficient (Wildman–Crippen LogP) is -1.43. The first-order valence-electron chi connectivity index (χ1n) is 1.17. The Kier molecular flexibility index (Phi) is 2.41. The number of hydrogen-bond donors (Lipinski definition) is 2. The fraction of sp³-hybridized carbons (Fsp3) is 0. The van der Waals surface area contributed by atoms with Crippen molar-refractivity contribution in [3.63, 3.8) is 0 Å². The van der Waals surface area contributed by atoms with Crippen LogP contribution in [0.2, 0.25) is 0 Å². The van der Waals surface area contributed by atoms with Gasteiger partial charge in [-0.2, -0.15) is 0 Å². The molecule has 0 unspecified atom stereocenters. The molecule has 0 aromatic rings. The molecule has 3 N–H and O–H groups in total. The van der Waals surface area contributed by atoms with E-state index in [9.17, 15) is 4.79 Å². The van der Waals surface area contributed by atoms with Gasteiger partial charge >= 0.3 is 50.7 Å². The first-order chi connectivity index (χ1) is 2.64. The van der Waals surface area contributed by atoms with Crippen LogP contribution in [0, 0.1) is 0 Å². The van der Waals surface area contributed by atoms with Crippen LogP contribution in [0.4, 0.5) is 4.79 Å². The van der Waals surface area contributed by atoms with Gasteiger partial charge in [-0.25, -0.2) is 0 Å². The van der Waals surface area contributed by atoms with E-state index >= 15 is 0 Å². The summed E-state index contributed by atoms with van der Waals surface area (Å²) in [6, 6.07) is -0.778. The number of nitrogens with zero attached hydrogens (tertiary/aromatic N) is 1. The van der Waals surface area contributed by atoms with Gasteiger partial charge in [0.25, 0.3) is 0 Å². The average Bonchev–Trinajstić information content (AvgIpc) is 1.36. The molecule has 0 spiro atoms. The molecule has 2 amide bonds. The molecular formula is CH4N2O2Pb. The number of urea groups is 1. The summed E-state index contributed by atoms with van der Waals surface area (Å²) >= 11 is 0.0903. The number of carbonyl (C=O) groups excluding carboxylic acids is 1. The zero-order chi connectivity index (χ0) is 5.15. The minimum atomic E-state index is -0.778. The van der Waals surface area contributed by atoms with Gasteiger partial charge in [0.05, 0.1) is 0 Å². The third-order valence-corrected chi connectivity index (χ3v) is 1.22. The van der Waals surface area contributed by atoms with Crippen molar-refractivity contribution in [1.29, 1.82) is 0 Å². The number of rotatable bonds is 0. The molecule has 5 heteroatoms. The van der Waals surface area contributed by atoms with Crippen LogP contribution in [0.15, 0.2) is 0 Å². The monoisotopic (exact) mass is 284 g/mol. The van der Waals surface area contributed by atoms with Gasteiger partial charge in [0.15, 0.2) is 0 Å². The second-order valence-corrected chi connectivity index (χ2v) is 2.58. The van der Waals surface area contributed by atoms with Crippen LogP contribution in [0.3, 0.4) is 0 Å². The fourth-order valence-corrected chi connectivity index (χ4v) is 0. The number of primary amides is 1. The summed E-state index contributed by atoms with van der Waals surface area (Å²) in [6.07, 6.45) is 0. The molecule has 0 aliphatic carbocycles. The molecule has 0 saturated carbocycles. The normalized spacial score (nSPS) is 7.67. The van der Waals surface area contributed by atoms with Gasteiger partial charge in [-0.3, -0.25) is 0 Å². The van der Waals surface area contributed by atoms with Crippen molar-refractivity contribution in [2.24, 2.45) is 5.73 Å². The van der Waals surface area contributed by atoms with E-state index in [-0.39, 0.29) is 26.1 Å².